The third-order valence-electron chi connectivity index (χ3n) is 14.5. The Hall–Kier alpha value is -2.05. The van der Waals surface area contributed by atoms with Gasteiger partial charge in [0.15, 0.2) is 12.6 Å². The van der Waals surface area contributed by atoms with Crippen LogP contribution in [0.1, 0.15) is 232 Å². The quantitative estimate of drug-likeness (QED) is 0.0205. The van der Waals surface area contributed by atoms with Crippen molar-refractivity contribution in [3.8, 4) is 0 Å². The molecule has 2 saturated heterocycles. The molecule has 2 aliphatic heterocycles. The number of aliphatic hydroxyl groups is 8. The van der Waals surface area contributed by atoms with Gasteiger partial charge in [-0.3, -0.25) is 4.79 Å². The van der Waals surface area contributed by atoms with Gasteiger partial charge in [0.2, 0.25) is 5.91 Å². The van der Waals surface area contributed by atoms with E-state index in [2.05, 4.69) is 55.6 Å². The summed E-state index contributed by atoms with van der Waals surface area (Å²) >= 11 is 0. The van der Waals surface area contributed by atoms with Crippen LogP contribution >= 0.6 is 0 Å². The topological polar surface area (TPSA) is 228 Å². The number of amides is 1. The Morgan fingerprint density at radius 3 is 1.43 bits per heavy atom. The van der Waals surface area contributed by atoms with Crippen LogP contribution in [0.25, 0.3) is 0 Å². The summed E-state index contributed by atoms with van der Waals surface area (Å²) in [6.07, 6.45) is 40.1. The zero-order valence-corrected chi connectivity index (χ0v) is 46.3. The molecule has 1 amide bonds. The normalized spacial score (nSPS) is 25.5. The van der Waals surface area contributed by atoms with E-state index in [1.165, 1.54) is 148 Å². The molecule has 2 fully saturated rings. The average Bonchev–Trinajstić information content (AvgIpc) is 3.40. The largest absolute Gasteiger partial charge is 0.394 e. The van der Waals surface area contributed by atoms with E-state index in [-0.39, 0.29) is 18.9 Å². The highest BCUT2D eigenvalue weighted by Gasteiger charge is 2.51. The van der Waals surface area contributed by atoms with Crippen LogP contribution in [0.15, 0.2) is 48.6 Å². The van der Waals surface area contributed by atoms with Gasteiger partial charge >= 0.3 is 0 Å². The Kier molecular flexibility index (Phi) is 42.2. The smallest absolute Gasteiger partial charge is 0.220 e. The molecule has 0 bridgehead atoms. The summed E-state index contributed by atoms with van der Waals surface area (Å²) in [5.41, 5.74) is 0. The summed E-state index contributed by atoms with van der Waals surface area (Å²) < 4.78 is 22.8. The molecule has 0 aromatic heterocycles. The van der Waals surface area contributed by atoms with E-state index < -0.39 is 86.8 Å². The zero-order chi connectivity index (χ0) is 53.9. The number of nitrogens with one attached hydrogen (secondary N) is 1. The lowest BCUT2D eigenvalue weighted by Crippen LogP contribution is -2.65. The second-order valence-corrected chi connectivity index (χ2v) is 21.1. The lowest BCUT2D eigenvalue weighted by molar-refractivity contribution is -0.359. The number of hydrogen-bond donors (Lipinski definition) is 9. The molecule has 0 aromatic rings. The molecule has 14 heteroatoms. The maximum Gasteiger partial charge on any atom is 0.220 e. The van der Waals surface area contributed by atoms with Crippen LogP contribution in [-0.2, 0) is 23.7 Å². The van der Waals surface area contributed by atoms with Crippen molar-refractivity contribution in [1.29, 1.82) is 0 Å². The molecule has 14 nitrogen and oxygen atoms in total. The molecule has 0 saturated carbocycles. The first-order chi connectivity index (χ1) is 36.1. The first-order valence-corrected chi connectivity index (χ1v) is 29.9. The molecule has 74 heavy (non-hydrogen) atoms. The van der Waals surface area contributed by atoms with Gasteiger partial charge < -0.3 is 65.1 Å². The summed E-state index contributed by atoms with van der Waals surface area (Å²) in [6.45, 7) is 2.76. The highest BCUT2D eigenvalue weighted by atomic mass is 16.7. The molecule has 0 aliphatic carbocycles. The number of hydrogen-bond acceptors (Lipinski definition) is 13. The third kappa shape index (κ3) is 31.4. The van der Waals surface area contributed by atoms with Crippen LogP contribution < -0.4 is 5.32 Å². The SMILES string of the molecule is CCCCC/C=C\C/C=C\CCCCCCCCCC(=O)NC(COC1OC(CO)C(OC2OC(CO)C(O)C(O)C2O)C(O)C1O)C(O)/C=C/CC/C=C/CCCCCCCCCCCCCCCCCCC. The molecular weight excluding hydrogens is 943 g/mol. The average molecular weight is 1050 g/mol. The van der Waals surface area contributed by atoms with Gasteiger partial charge in [-0.05, 0) is 64.2 Å². The minimum absolute atomic E-state index is 0.257. The molecule has 2 rings (SSSR count). The Labute approximate surface area is 448 Å². The molecule has 9 N–H and O–H groups in total. The maximum atomic E-state index is 13.2. The summed E-state index contributed by atoms with van der Waals surface area (Å²) in [7, 11) is 0. The van der Waals surface area contributed by atoms with Crippen LogP contribution in [0.2, 0.25) is 0 Å². The van der Waals surface area contributed by atoms with Crippen LogP contribution in [0, 0.1) is 0 Å². The highest BCUT2D eigenvalue weighted by Crippen LogP contribution is 2.30. The van der Waals surface area contributed by atoms with Crippen LogP contribution in [-0.4, -0.2) is 140 Å². The van der Waals surface area contributed by atoms with E-state index in [9.17, 15) is 45.6 Å². The minimum atomic E-state index is -1.79. The maximum absolute atomic E-state index is 13.2. The Morgan fingerprint density at radius 2 is 0.905 bits per heavy atom. The van der Waals surface area contributed by atoms with Crippen molar-refractivity contribution in [3.05, 3.63) is 48.6 Å². The van der Waals surface area contributed by atoms with E-state index in [1.54, 1.807) is 6.08 Å². The van der Waals surface area contributed by atoms with Crippen molar-refractivity contribution >= 4 is 5.91 Å². The van der Waals surface area contributed by atoms with Gasteiger partial charge in [-0.2, -0.15) is 0 Å². The molecule has 12 unspecified atom stereocenters. The van der Waals surface area contributed by atoms with E-state index >= 15 is 0 Å². The fourth-order valence-electron chi connectivity index (χ4n) is 9.63. The number of carbonyl (C=O) groups excluding carboxylic acids is 1. The number of ether oxygens (including phenoxy) is 4. The first kappa shape index (κ1) is 68.1. The molecule has 2 aliphatic rings. The van der Waals surface area contributed by atoms with Crippen molar-refractivity contribution in [3.63, 3.8) is 0 Å². The summed E-state index contributed by atoms with van der Waals surface area (Å²) in [4.78, 5) is 13.2. The molecule has 432 valence electrons. The Morgan fingerprint density at radius 1 is 0.486 bits per heavy atom. The minimum Gasteiger partial charge on any atom is -0.394 e. The van der Waals surface area contributed by atoms with Gasteiger partial charge in [0.1, 0.15) is 48.8 Å². The first-order valence-electron chi connectivity index (χ1n) is 29.9. The van der Waals surface area contributed by atoms with Crippen molar-refractivity contribution in [2.45, 2.75) is 306 Å². The predicted octanol–water partition coefficient (Wildman–Crippen LogP) is 10.0. The fourth-order valence-corrected chi connectivity index (χ4v) is 9.63. The zero-order valence-electron chi connectivity index (χ0n) is 46.3. The molecule has 12 atom stereocenters. The highest BCUT2D eigenvalue weighted by molar-refractivity contribution is 5.76. The van der Waals surface area contributed by atoms with Gasteiger partial charge in [0, 0.05) is 6.42 Å². The molecule has 0 aromatic carbocycles. The van der Waals surface area contributed by atoms with Gasteiger partial charge in [0.05, 0.1) is 32.0 Å². The molecule has 0 spiro atoms. The fraction of sp³-hybridized carbons (Fsp3) is 0.850. The standard InChI is InChI=1S/C60H109NO13/c1-3-5-7-9-11-13-15-17-19-21-22-23-24-25-26-28-29-31-33-35-37-39-41-43-49(64)48(61-52(65)44-42-40-38-36-34-32-30-27-20-18-16-14-12-10-8-6-4-2)47-71-59-57(70)55(68)58(51(46-63)73-59)74-60-56(69)54(67)53(66)50(45-62)72-60/h12,14,18,20,33,35,41,43,48-51,53-60,62-64,66-70H,3-11,13,15-17,19,21-32,34,36-40,42,44-47H2,1-2H3,(H,61,65)/b14-12-,20-18-,35-33+,43-41+. The number of carbonyl (C=O) groups is 1. The third-order valence-corrected chi connectivity index (χ3v) is 14.5. The second-order valence-electron chi connectivity index (χ2n) is 21.1. The van der Waals surface area contributed by atoms with Crippen LogP contribution in [0.3, 0.4) is 0 Å². The monoisotopic (exact) mass is 1050 g/mol. The van der Waals surface area contributed by atoms with E-state index in [1.807, 2.05) is 6.08 Å². The lowest BCUT2D eigenvalue weighted by Gasteiger charge is -2.46. The van der Waals surface area contributed by atoms with E-state index in [0.29, 0.717) is 12.8 Å². The number of allylic oxidation sites excluding steroid dienone is 7. The van der Waals surface area contributed by atoms with Gasteiger partial charge in [-0.15, -0.1) is 0 Å². The number of unbranched alkanes of at least 4 members (excludes halogenated alkanes) is 28. The van der Waals surface area contributed by atoms with Crippen LogP contribution in [0.5, 0.6) is 0 Å². The summed E-state index contributed by atoms with van der Waals surface area (Å²) in [5.74, 6) is -0.257. The van der Waals surface area contributed by atoms with E-state index in [0.717, 1.165) is 51.4 Å². The van der Waals surface area contributed by atoms with Crippen molar-refractivity contribution in [2.24, 2.45) is 0 Å². The van der Waals surface area contributed by atoms with Gasteiger partial charge in [-0.1, -0.05) is 210 Å². The van der Waals surface area contributed by atoms with Gasteiger partial charge in [-0.25, -0.2) is 0 Å². The van der Waals surface area contributed by atoms with Crippen molar-refractivity contribution < 1.29 is 64.6 Å². The Bertz CT molecular complexity index is 1430. The lowest BCUT2D eigenvalue weighted by atomic mass is 9.97. The second kappa shape index (κ2) is 45.9. The summed E-state index contributed by atoms with van der Waals surface area (Å²) in [5, 5.41) is 87.0. The number of aliphatic hydroxyl groups excluding tert-OH is 8. The number of rotatable bonds is 47. The van der Waals surface area contributed by atoms with Crippen molar-refractivity contribution in [2.75, 3.05) is 19.8 Å². The van der Waals surface area contributed by atoms with Gasteiger partial charge in [0.25, 0.3) is 0 Å². The Balaban J connectivity index is 1.79. The van der Waals surface area contributed by atoms with Crippen LogP contribution in [0.4, 0.5) is 0 Å². The molecule has 2 heterocycles. The predicted molar refractivity (Wildman–Crippen MR) is 295 cm³/mol. The summed E-state index contributed by atoms with van der Waals surface area (Å²) in [6, 6.07) is -0.937. The van der Waals surface area contributed by atoms with E-state index in [4.69, 9.17) is 18.9 Å². The molecule has 0 radical (unpaired) electrons. The molecular formula is C60H109NO13. The van der Waals surface area contributed by atoms with Crippen molar-refractivity contribution in [1.82, 2.24) is 5.32 Å².